The van der Waals surface area contributed by atoms with Crippen molar-refractivity contribution in [3.05, 3.63) is 89.0 Å². The molecule has 5 rings (SSSR count). The van der Waals surface area contributed by atoms with Gasteiger partial charge in [0, 0.05) is 34.7 Å². The van der Waals surface area contributed by atoms with Crippen LogP contribution in [-0.2, 0) is 15.8 Å². The number of primary amides is 2. The molecule has 0 radical (unpaired) electrons. The molecule has 0 bridgehead atoms. The third-order valence-corrected chi connectivity index (χ3v) is 7.42. The molecule has 2 atom stereocenters. The number of aromatic nitrogens is 2. The molecule has 0 saturated carbocycles. The number of Topliss-reactive ketones (excluding diaryl/α,β-unsaturated/α-hetero) is 1. The summed E-state index contributed by atoms with van der Waals surface area (Å²) in [6.07, 6.45) is 1.41. The molecular formula is C30H27FN4O5. The Morgan fingerprint density at radius 1 is 1.12 bits per heavy atom. The lowest BCUT2D eigenvalue weighted by atomic mass is 9.81. The van der Waals surface area contributed by atoms with Crippen LogP contribution in [-0.4, -0.2) is 39.3 Å². The summed E-state index contributed by atoms with van der Waals surface area (Å²) in [4.78, 5) is 46.5. The number of rotatable bonds is 8. The van der Waals surface area contributed by atoms with Gasteiger partial charge >= 0.3 is 0 Å². The Morgan fingerprint density at radius 2 is 1.85 bits per heavy atom. The SMILES string of the molecule is C[C@](O)(CCC(=O)c1cc(C(N)=O)c2ncccc2c1)c1cc2c(c(-c3ccc(F)cc3)n1)OC[C@]2(C)C(N)=O. The standard InChI is InChI=1S/C30H27FN4O5/c1-29(28(33)38)15-40-26-21(29)14-23(35-25(26)16-5-7-19(31)8-6-16)30(2,39)10-9-22(36)18-12-17-4-3-11-34-24(17)20(13-18)27(32)37/h3-8,11-14,39H,9-10,15H2,1-2H3,(H2,32,37)(H2,33,38)/t29-,30-/m0/s1. The summed E-state index contributed by atoms with van der Waals surface area (Å²) < 4.78 is 19.5. The number of halogens is 1. The van der Waals surface area contributed by atoms with Crippen LogP contribution in [0.1, 0.15) is 58.7 Å². The summed E-state index contributed by atoms with van der Waals surface area (Å²) in [7, 11) is 0. The Kier molecular flexibility index (Phi) is 6.59. The molecule has 2 aromatic carbocycles. The summed E-state index contributed by atoms with van der Waals surface area (Å²) in [5.74, 6) is -1.75. The number of ether oxygens (including phenoxy) is 1. The van der Waals surface area contributed by atoms with E-state index in [1.165, 1.54) is 43.5 Å². The zero-order chi connectivity index (χ0) is 28.8. The third-order valence-electron chi connectivity index (χ3n) is 7.42. The van der Waals surface area contributed by atoms with E-state index in [9.17, 15) is 23.9 Å². The molecule has 0 fully saturated rings. The molecule has 40 heavy (non-hydrogen) atoms. The van der Waals surface area contributed by atoms with Gasteiger partial charge in [-0.25, -0.2) is 9.37 Å². The number of fused-ring (bicyclic) bond motifs is 2. The van der Waals surface area contributed by atoms with Crippen molar-refractivity contribution in [2.75, 3.05) is 6.61 Å². The largest absolute Gasteiger partial charge is 0.489 e. The molecule has 4 aromatic rings. The first-order valence-corrected chi connectivity index (χ1v) is 12.6. The van der Waals surface area contributed by atoms with Gasteiger partial charge in [-0.2, -0.15) is 0 Å². The van der Waals surface area contributed by atoms with Crippen molar-refractivity contribution in [1.29, 1.82) is 0 Å². The van der Waals surface area contributed by atoms with E-state index in [0.29, 0.717) is 33.5 Å². The number of carbonyl (C=O) groups is 3. The van der Waals surface area contributed by atoms with Crippen molar-refractivity contribution in [3.63, 3.8) is 0 Å². The monoisotopic (exact) mass is 542 g/mol. The van der Waals surface area contributed by atoms with Crippen molar-refractivity contribution in [3.8, 4) is 17.0 Å². The molecule has 9 nitrogen and oxygen atoms in total. The second-order valence-electron chi connectivity index (χ2n) is 10.4. The van der Waals surface area contributed by atoms with Crippen LogP contribution in [0.15, 0.2) is 60.8 Å². The zero-order valence-electron chi connectivity index (χ0n) is 21.9. The highest BCUT2D eigenvalue weighted by atomic mass is 19.1. The zero-order valence-corrected chi connectivity index (χ0v) is 21.9. The maximum Gasteiger partial charge on any atom is 0.250 e. The van der Waals surface area contributed by atoms with Crippen LogP contribution in [0.4, 0.5) is 4.39 Å². The number of ketones is 1. The second kappa shape index (κ2) is 9.80. The fourth-order valence-electron chi connectivity index (χ4n) is 4.84. The molecule has 0 spiro atoms. The summed E-state index contributed by atoms with van der Waals surface area (Å²) in [6, 6.07) is 13.6. The molecule has 2 aromatic heterocycles. The van der Waals surface area contributed by atoms with E-state index in [4.69, 9.17) is 16.2 Å². The number of nitrogens with two attached hydrogens (primary N) is 2. The maximum absolute atomic E-state index is 13.6. The molecule has 0 unspecified atom stereocenters. The maximum atomic E-state index is 13.6. The van der Waals surface area contributed by atoms with Gasteiger partial charge < -0.3 is 21.3 Å². The first-order chi connectivity index (χ1) is 18.9. The van der Waals surface area contributed by atoms with E-state index >= 15 is 0 Å². The van der Waals surface area contributed by atoms with Crippen LogP contribution in [0, 0.1) is 5.82 Å². The Hall–Kier alpha value is -4.70. The average molecular weight is 543 g/mol. The normalized spacial score (nSPS) is 17.6. The smallest absolute Gasteiger partial charge is 0.250 e. The fourth-order valence-corrected chi connectivity index (χ4v) is 4.84. The number of nitrogens with zero attached hydrogens (tertiary/aromatic N) is 2. The predicted molar refractivity (Wildman–Crippen MR) is 145 cm³/mol. The summed E-state index contributed by atoms with van der Waals surface area (Å²) in [6.45, 7) is 3.14. The topological polar surface area (TPSA) is 158 Å². The van der Waals surface area contributed by atoms with Gasteiger partial charge in [0.1, 0.15) is 34.9 Å². The van der Waals surface area contributed by atoms with E-state index in [2.05, 4.69) is 9.97 Å². The second-order valence-corrected chi connectivity index (χ2v) is 10.4. The molecule has 10 heteroatoms. The minimum absolute atomic E-state index is 0.0172. The van der Waals surface area contributed by atoms with Gasteiger partial charge in [-0.1, -0.05) is 6.07 Å². The van der Waals surface area contributed by atoms with Gasteiger partial charge in [-0.05, 0) is 68.8 Å². The first kappa shape index (κ1) is 26.9. The number of hydrogen-bond donors (Lipinski definition) is 3. The number of benzene rings is 2. The molecule has 1 aliphatic heterocycles. The van der Waals surface area contributed by atoms with E-state index in [1.807, 2.05) is 0 Å². The van der Waals surface area contributed by atoms with Gasteiger partial charge in [0.2, 0.25) is 5.91 Å². The number of pyridine rings is 2. The van der Waals surface area contributed by atoms with E-state index in [-0.39, 0.29) is 42.1 Å². The van der Waals surface area contributed by atoms with Crippen LogP contribution < -0.4 is 16.2 Å². The van der Waals surface area contributed by atoms with Crippen molar-refractivity contribution >= 4 is 28.5 Å². The van der Waals surface area contributed by atoms with Gasteiger partial charge in [-0.3, -0.25) is 19.4 Å². The van der Waals surface area contributed by atoms with Crippen molar-refractivity contribution in [1.82, 2.24) is 9.97 Å². The lowest BCUT2D eigenvalue weighted by Gasteiger charge is -2.26. The van der Waals surface area contributed by atoms with Crippen molar-refractivity contribution < 1.29 is 28.6 Å². The van der Waals surface area contributed by atoms with Crippen molar-refractivity contribution in [2.45, 2.75) is 37.7 Å². The quantitative estimate of drug-likeness (QED) is 0.287. The Labute approximate surface area is 229 Å². The molecule has 0 aliphatic carbocycles. The lowest BCUT2D eigenvalue weighted by molar-refractivity contribution is -0.123. The Morgan fingerprint density at radius 3 is 2.52 bits per heavy atom. The molecular weight excluding hydrogens is 515 g/mol. The van der Waals surface area contributed by atoms with E-state index in [0.717, 1.165) is 0 Å². The molecule has 3 heterocycles. The van der Waals surface area contributed by atoms with Crippen LogP contribution in [0.5, 0.6) is 5.75 Å². The summed E-state index contributed by atoms with van der Waals surface area (Å²) in [5, 5.41) is 12.1. The highest BCUT2D eigenvalue weighted by Gasteiger charge is 2.45. The highest BCUT2D eigenvalue weighted by Crippen LogP contribution is 2.46. The first-order valence-electron chi connectivity index (χ1n) is 12.6. The summed E-state index contributed by atoms with van der Waals surface area (Å²) >= 11 is 0. The van der Waals surface area contributed by atoms with Crippen LogP contribution in [0.25, 0.3) is 22.2 Å². The minimum atomic E-state index is -1.62. The van der Waals surface area contributed by atoms with Crippen LogP contribution >= 0.6 is 0 Å². The summed E-state index contributed by atoms with van der Waals surface area (Å²) in [5.41, 5.74) is 10.7. The molecule has 0 saturated heterocycles. The Balaban J connectivity index is 1.50. The number of hydrogen-bond acceptors (Lipinski definition) is 7. The Bertz CT molecular complexity index is 1690. The van der Waals surface area contributed by atoms with Crippen molar-refractivity contribution in [2.24, 2.45) is 11.5 Å². The lowest BCUT2D eigenvalue weighted by Crippen LogP contribution is -2.40. The highest BCUT2D eigenvalue weighted by molar-refractivity contribution is 6.09. The van der Waals surface area contributed by atoms with Gasteiger partial charge in [-0.15, -0.1) is 0 Å². The fraction of sp³-hybridized carbons (Fsp3) is 0.233. The van der Waals surface area contributed by atoms with Crippen LogP contribution in [0.2, 0.25) is 0 Å². The average Bonchev–Trinajstić information content (AvgIpc) is 3.29. The van der Waals surface area contributed by atoms with Gasteiger partial charge in [0.25, 0.3) is 5.91 Å². The predicted octanol–water partition coefficient (Wildman–Crippen LogP) is 3.54. The molecule has 5 N–H and O–H groups in total. The molecule has 1 aliphatic rings. The molecule has 2 amide bonds. The van der Waals surface area contributed by atoms with Crippen LogP contribution in [0.3, 0.4) is 0 Å². The van der Waals surface area contributed by atoms with E-state index < -0.39 is 28.6 Å². The van der Waals surface area contributed by atoms with E-state index in [1.54, 1.807) is 31.2 Å². The minimum Gasteiger partial charge on any atom is -0.489 e. The van der Waals surface area contributed by atoms with Gasteiger partial charge in [0.05, 0.1) is 16.8 Å². The third kappa shape index (κ3) is 4.66. The number of amides is 2. The molecule has 204 valence electrons. The number of carbonyl (C=O) groups excluding carboxylic acids is 3. The van der Waals surface area contributed by atoms with Gasteiger partial charge in [0.15, 0.2) is 5.78 Å². The number of aliphatic hydroxyl groups is 1.